The Morgan fingerprint density at radius 3 is 0.929 bits per heavy atom. The van der Waals surface area contributed by atoms with Gasteiger partial charge < -0.3 is 0 Å². The van der Waals surface area contributed by atoms with Crippen LogP contribution in [0.3, 0.4) is 0 Å². The number of nitrogens with zero attached hydrogens (tertiary/aromatic N) is 5. The van der Waals surface area contributed by atoms with E-state index in [2.05, 4.69) is 267 Å². The van der Waals surface area contributed by atoms with Crippen LogP contribution >= 0.6 is 0 Å². The third-order valence-corrected chi connectivity index (χ3v) is 17.6. The van der Waals surface area contributed by atoms with Crippen LogP contribution in [0.2, 0.25) is 0 Å². The molecule has 0 N–H and O–H groups in total. The molecule has 0 amide bonds. The van der Waals surface area contributed by atoms with Crippen molar-refractivity contribution in [2.75, 3.05) is 0 Å². The molecule has 440 valence electrons. The van der Waals surface area contributed by atoms with Crippen LogP contribution in [0.4, 0.5) is 0 Å². The van der Waals surface area contributed by atoms with Crippen molar-refractivity contribution in [2.45, 2.75) is 138 Å². The van der Waals surface area contributed by atoms with E-state index < -0.39 is 13.7 Å². The number of aryl methyl sites for hydroxylation is 15. The van der Waals surface area contributed by atoms with E-state index in [0.717, 1.165) is 28.3 Å². The Hall–Kier alpha value is -8.15. The van der Waals surface area contributed by atoms with Crippen LogP contribution in [0.15, 0.2) is 152 Å². The van der Waals surface area contributed by atoms with Gasteiger partial charge in [0.2, 0.25) is 28.5 Å². The minimum absolute atomic E-state index is 0.411. The normalized spacial score (nSPS) is 12.0. The summed E-state index contributed by atoms with van der Waals surface area (Å²) in [4.78, 5) is 0. The lowest BCUT2D eigenvalue weighted by atomic mass is 9.98. The van der Waals surface area contributed by atoms with Crippen LogP contribution in [0.1, 0.15) is 120 Å². The summed E-state index contributed by atoms with van der Waals surface area (Å²) in [6.07, 6.45) is 0. The molecular formula is C80H100N5+5. The lowest BCUT2D eigenvalue weighted by Crippen LogP contribution is -2.36. The Morgan fingerprint density at radius 2 is 0.541 bits per heavy atom. The van der Waals surface area contributed by atoms with Crippen molar-refractivity contribution in [3.63, 3.8) is 0 Å². The SMILES string of the molecule is Cc1ccc(C)c(-c2ccc(C)c(C)[n+]2C)c1.Cc1cccc(C)c1-c1ccc(C)c(C)[n+]1C.Cc1ccccc1-c1c(C)cc(C)c(C)[n+]1C.[2H]C([2H])([2H])c1ccc(-c2c(C)cccc2C)[n+](C)c1C.[2H]C([2H])([2H])c1ccc(-c2cc(C)ccc2C)[n+](C)c1C. The highest BCUT2D eigenvalue weighted by molar-refractivity contribution is 5.68. The molecule has 0 aliphatic rings. The maximum absolute atomic E-state index is 7.59. The Bertz CT molecular complexity index is 4260. The van der Waals surface area contributed by atoms with Crippen LogP contribution in [-0.2, 0) is 35.2 Å². The number of benzene rings is 5. The Kier molecular flexibility index (Phi) is 19.3. The Morgan fingerprint density at radius 1 is 0.235 bits per heavy atom. The van der Waals surface area contributed by atoms with Gasteiger partial charge in [-0.3, -0.25) is 0 Å². The zero-order valence-electron chi connectivity index (χ0n) is 61.7. The highest BCUT2D eigenvalue weighted by atomic mass is 15.0. The van der Waals surface area contributed by atoms with Gasteiger partial charge in [0, 0.05) is 117 Å². The number of rotatable bonds is 5. The van der Waals surface area contributed by atoms with Gasteiger partial charge in [0.25, 0.3) is 0 Å². The minimum Gasteiger partial charge on any atom is -0.198 e. The molecule has 0 radical (unpaired) electrons. The van der Waals surface area contributed by atoms with Gasteiger partial charge in [-0.2, -0.15) is 22.8 Å². The van der Waals surface area contributed by atoms with Gasteiger partial charge in [-0.25, -0.2) is 0 Å². The van der Waals surface area contributed by atoms with Crippen molar-refractivity contribution in [2.24, 2.45) is 35.2 Å². The lowest BCUT2D eigenvalue weighted by molar-refractivity contribution is -0.667. The number of pyridine rings is 5. The summed E-state index contributed by atoms with van der Waals surface area (Å²) in [6, 6.07) is 52.6. The van der Waals surface area contributed by atoms with Crippen molar-refractivity contribution >= 4 is 0 Å². The van der Waals surface area contributed by atoms with Gasteiger partial charge in [-0.1, -0.05) is 90.0 Å². The van der Waals surface area contributed by atoms with Crippen LogP contribution in [-0.4, -0.2) is 0 Å². The zero-order valence-corrected chi connectivity index (χ0v) is 55.7. The molecule has 10 aromatic rings. The highest BCUT2D eigenvalue weighted by Crippen LogP contribution is 2.29. The molecule has 0 aliphatic carbocycles. The number of aromatic nitrogens is 5. The molecular weight excluding hydrogens is 1030 g/mol. The summed E-state index contributed by atoms with van der Waals surface area (Å²) >= 11 is 0. The maximum atomic E-state index is 7.59. The molecule has 0 bridgehead atoms. The van der Waals surface area contributed by atoms with Crippen molar-refractivity contribution in [3.05, 3.63) is 264 Å². The smallest absolute Gasteiger partial charge is 0.198 e. The molecule has 5 heterocycles. The molecule has 0 fully saturated rings. The Balaban J connectivity index is 0.000000181. The van der Waals surface area contributed by atoms with Gasteiger partial charge >= 0.3 is 0 Å². The third kappa shape index (κ3) is 15.2. The molecule has 10 rings (SSSR count). The van der Waals surface area contributed by atoms with Gasteiger partial charge in [-0.05, 0) is 191 Å². The fourth-order valence-electron chi connectivity index (χ4n) is 11.2. The molecule has 0 aliphatic heterocycles. The van der Waals surface area contributed by atoms with E-state index >= 15 is 0 Å². The molecule has 0 saturated carbocycles. The predicted octanol–water partition coefficient (Wildman–Crippen LogP) is 17.1. The van der Waals surface area contributed by atoms with E-state index in [1.807, 2.05) is 55.3 Å². The first kappa shape index (κ1) is 57.3. The van der Waals surface area contributed by atoms with Crippen LogP contribution in [0.25, 0.3) is 56.3 Å². The third-order valence-electron chi connectivity index (χ3n) is 17.6. The van der Waals surface area contributed by atoms with Crippen LogP contribution in [0.5, 0.6) is 0 Å². The molecule has 0 saturated heterocycles. The first-order valence-corrected chi connectivity index (χ1v) is 29.7. The standard InChI is InChI=1S/5C16H20N/c2*1-11-6-7-13(3)15(10-11)16-9-8-12(2)14(4)17(16)5;2*1-11-9-10-15(17(5)14(11)4)16-12(2)7-6-8-13(16)3;1-11-8-6-7-9-15(11)16-13(3)10-12(2)14(4)17(16)5/h5*6-10H,1-5H3/q5*+1/i2D3;;1D3;;. The second-order valence-corrected chi connectivity index (χ2v) is 23.6. The average molecular weight is 1140 g/mol. The molecule has 0 unspecified atom stereocenters. The highest BCUT2D eigenvalue weighted by Gasteiger charge is 2.22. The predicted molar refractivity (Wildman–Crippen MR) is 360 cm³/mol. The van der Waals surface area contributed by atoms with E-state index in [-0.39, 0.29) is 0 Å². The largest absolute Gasteiger partial charge is 0.215 e. The van der Waals surface area contributed by atoms with Gasteiger partial charge in [-0.15, -0.1) is 0 Å². The Labute approximate surface area is 522 Å². The summed E-state index contributed by atoms with van der Waals surface area (Å²) in [5.74, 6) is 0. The van der Waals surface area contributed by atoms with E-state index in [9.17, 15) is 0 Å². The van der Waals surface area contributed by atoms with Gasteiger partial charge in [0.1, 0.15) is 35.2 Å². The molecule has 5 nitrogen and oxygen atoms in total. The van der Waals surface area contributed by atoms with Crippen LogP contribution in [0, 0.1) is 138 Å². The van der Waals surface area contributed by atoms with Crippen molar-refractivity contribution in [3.8, 4) is 56.3 Å². The van der Waals surface area contributed by atoms with Crippen molar-refractivity contribution < 1.29 is 31.1 Å². The van der Waals surface area contributed by atoms with E-state index in [0.29, 0.717) is 11.1 Å². The number of hydrogen-bond acceptors (Lipinski definition) is 0. The van der Waals surface area contributed by atoms with Gasteiger partial charge in [0.05, 0.1) is 11.1 Å². The molecule has 5 aromatic carbocycles. The summed E-state index contributed by atoms with van der Waals surface area (Å²) in [6.45, 7) is 33.9. The van der Waals surface area contributed by atoms with Gasteiger partial charge in [0.15, 0.2) is 28.5 Å². The van der Waals surface area contributed by atoms with Crippen molar-refractivity contribution in [1.29, 1.82) is 0 Å². The topological polar surface area (TPSA) is 19.4 Å². The molecule has 85 heavy (non-hydrogen) atoms. The summed E-state index contributed by atoms with van der Waals surface area (Å²) in [7, 11) is 10.3. The zero-order chi connectivity index (χ0) is 67.9. The van der Waals surface area contributed by atoms with Crippen molar-refractivity contribution in [1.82, 2.24) is 0 Å². The van der Waals surface area contributed by atoms with E-state index in [1.165, 1.54) is 129 Å². The average Bonchev–Trinajstić information content (AvgIpc) is 3.12. The summed E-state index contributed by atoms with van der Waals surface area (Å²) < 4.78 is 56.3. The van der Waals surface area contributed by atoms with E-state index in [1.54, 1.807) is 12.1 Å². The minimum atomic E-state index is -2.07. The maximum Gasteiger partial charge on any atom is 0.215 e. The first-order chi connectivity index (χ1) is 42.5. The number of hydrogen-bond donors (Lipinski definition) is 0. The second kappa shape index (κ2) is 28.6. The fraction of sp³-hybridized carbons (Fsp3) is 0.312. The monoisotopic (exact) mass is 1140 g/mol. The summed E-state index contributed by atoms with van der Waals surface area (Å²) in [5, 5.41) is 0. The molecule has 0 spiro atoms. The first-order valence-electron chi connectivity index (χ1n) is 32.7. The molecule has 5 heteroatoms. The molecule has 5 aromatic heterocycles. The quantitative estimate of drug-likeness (QED) is 0.153. The van der Waals surface area contributed by atoms with Crippen LogP contribution < -0.4 is 22.8 Å². The lowest BCUT2D eigenvalue weighted by Gasteiger charge is -2.10. The summed E-state index contributed by atoms with van der Waals surface area (Å²) in [5.41, 5.74) is 35.5. The fourth-order valence-corrected chi connectivity index (χ4v) is 11.2. The molecule has 0 atom stereocenters. The second-order valence-electron chi connectivity index (χ2n) is 23.6. The van der Waals surface area contributed by atoms with E-state index in [4.69, 9.17) is 8.22 Å².